The van der Waals surface area contributed by atoms with Gasteiger partial charge in [0.2, 0.25) is 0 Å². The summed E-state index contributed by atoms with van der Waals surface area (Å²) >= 11 is 0. The zero-order valence-electron chi connectivity index (χ0n) is 9.11. The molecule has 0 fully saturated rings. The number of benzene rings is 1. The molecule has 0 saturated carbocycles. The Labute approximate surface area is 98.8 Å². The second kappa shape index (κ2) is 4.91. The van der Waals surface area contributed by atoms with Crippen LogP contribution in [0.25, 0.3) is 10.9 Å². The number of aliphatic hydroxyl groups excluding tert-OH is 2. The summed E-state index contributed by atoms with van der Waals surface area (Å²) in [6.45, 7) is 0. The van der Waals surface area contributed by atoms with E-state index in [9.17, 15) is 10.2 Å². The summed E-state index contributed by atoms with van der Waals surface area (Å²) in [5, 5.41) is 28.8. The van der Waals surface area contributed by atoms with E-state index in [1.54, 1.807) is 24.4 Å². The number of rotatable bonds is 3. The van der Waals surface area contributed by atoms with E-state index in [-0.39, 0.29) is 6.42 Å². The van der Waals surface area contributed by atoms with Gasteiger partial charge in [-0.25, -0.2) is 0 Å². The summed E-state index contributed by atoms with van der Waals surface area (Å²) in [5.74, 6) is 0. The summed E-state index contributed by atoms with van der Waals surface area (Å²) in [6, 6.07) is 10.8. The first-order valence-corrected chi connectivity index (χ1v) is 5.30. The van der Waals surface area contributed by atoms with Gasteiger partial charge in [-0.1, -0.05) is 12.1 Å². The fraction of sp³-hybridized carbons (Fsp3) is 0.231. The molecule has 0 aliphatic heterocycles. The predicted octanol–water partition coefficient (Wildman–Crippen LogP) is 1.54. The second-order valence-electron chi connectivity index (χ2n) is 3.83. The zero-order valence-corrected chi connectivity index (χ0v) is 9.11. The van der Waals surface area contributed by atoms with Crippen molar-refractivity contribution in [1.82, 2.24) is 4.98 Å². The molecule has 0 saturated heterocycles. The number of hydrogen-bond acceptors (Lipinski definition) is 4. The molecule has 2 N–H and O–H groups in total. The average molecular weight is 228 g/mol. The maximum Gasteiger partial charge on any atom is 0.106 e. The molecule has 2 rings (SSSR count). The molecule has 0 spiro atoms. The number of nitrogens with zero attached hydrogens (tertiary/aromatic N) is 2. The number of pyridine rings is 1. The number of hydrogen-bond donors (Lipinski definition) is 2. The maximum atomic E-state index is 9.86. The summed E-state index contributed by atoms with van der Waals surface area (Å²) in [5.41, 5.74) is 1.42. The van der Waals surface area contributed by atoms with Crippen LogP contribution in [-0.2, 0) is 0 Å². The molecule has 2 aromatic rings. The highest BCUT2D eigenvalue weighted by atomic mass is 16.3. The van der Waals surface area contributed by atoms with E-state index in [2.05, 4.69) is 4.98 Å². The van der Waals surface area contributed by atoms with Gasteiger partial charge >= 0.3 is 0 Å². The second-order valence-corrected chi connectivity index (χ2v) is 3.83. The van der Waals surface area contributed by atoms with Crippen LogP contribution in [0.2, 0.25) is 0 Å². The van der Waals surface area contributed by atoms with Gasteiger partial charge in [0.25, 0.3) is 0 Å². The van der Waals surface area contributed by atoms with Crippen LogP contribution in [0, 0.1) is 11.3 Å². The summed E-state index contributed by atoms with van der Waals surface area (Å²) < 4.78 is 0. The van der Waals surface area contributed by atoms with Crippen LogP contribution in [0.5, 0.6) is 0 Å². The van der Waals surface area contributed by atoms with Crippen molar-refractivity contribution in [2.75, 3.05) is 0 Å². The highest BCUT2D eigenvalue weighted by Crippen LogP contribution is 2.22. The van der Waals surface area contributed by atoms with Gasteiger partial charge < -0.3 is 10.2 Å². The number of fused-ring (bicyclic) bond motifs is 1. The van der Waals surface area contributed by atoms with Crippen molar-refractivity contribution >= 4 is 10.9 Å². The van der Waals surface area contributed by atoms with Crippen molar-refractivity contribution in [2.24, 2.45) is 0 Å². The minimum absolute atomic E-state index is 0.0910. The highest BCUT2D eigenvalue weighted by Gasteiger charge is 2.18. The Morgan fingerprint density at radius 3 is 2.88 bits per heavy atom. The van der Waals surface area contributed by atoms with E-state index < -0.39 is 12.2 Å². The van der Waals surface area contributed by atoms with Gasteiger partial charge in [0.1, 0.15) is 6.10 Å². The smallest absolute Gasteiger partial charge is 0.106 e. The Balaban J connectivity index is 2.33. The monoisotopic (exact) mass is 228 g/mol. The molecular formula is C13H12N2O2. The first-order chi connectivity index (χ1) is 8.22. The molecule has 1 aromatic carbocycles. The third kappa shape index (κ3) is 2.41. The van der Waals surface area contributed by atoms with Crippen molar-refractivity contribution < 1.29 is 10.2 Å². The largest absolute Gasteiger partial charge is 0.389 e. The lowest BCUT2D eigenvalue weighted by atomic mass is 10.0. The Kier molecular flexibility index (Phi) is 3.33. The normalized spacial score (nSPS) is 14.2. The molecular weight excluding hydrogens is 216 g/mol. The fourth-order valence-electron chi connectivity index (χ4n) is 1.71. The van der Waals surface area contributed by atoms with Gasteiger partial charge in [-0.2, -0.15) is 5.26 Å². The third-order valence-corrected chi connectivity index (χ3v) is 2.63. The van der Waals surface area contributed by atoms with Crippen LogP contribution in [0.1, 0.15) is 18.1 Å². The SMILES string of the molecule is N#CCC(O)C(O)c1ccc2ncccc2c1. The van der Waals surface area contributed by atoms with Gasteiger partial charge in [-0.05, 0) is 23.8 Å². The topological polar surface area (TPSA) is 77.1 Å². The Morgan fingerprint density at radius 2 is 2.12 bits per heavy atom. The van der Waals surface area contributed by atoms with Crippen LogP contribution >= 0.6 is 0 Å². The lowest BCUT2D eigenvalue weighted by Crippen LogP contribution is -2.17. The van der Waals surface area contributed by atoms with E-state index in [1.807, 2.05) is 18.2 Å². The maximum absolute atomic E-state index is 9.86. The van der Waals surface area contributed by atoms with Crippen LogP contribution in [0.15, 0.2) is 36.5 Å². The van der Waals surface area contributed by atoms with E-state index >= 15 is 0 Å². The molecule has 86 valence electrons. The lowest BCUT2D eigenvalue weighted by molar-refractivity contribution is 0.0217. The summed E-state index contributed by atoms with van der Waals surface area (Å²) in [6.07, 6.45) is -0.497. The standard InChI is InChI=1S/C13H12N2O2/c14-6-5-12(16)13(17)10-3-4-11-9(8-10)2-1-7-15-11/h1-4,7-8,12-13,16-17H,5H2. The predicted molar refractivity (Wildman–Crippen MR) is 62.9 cm³/mol. The van der Waals surface area contributed by atoms with Crippen LogP contribution < -0.4 is 0 Å². The fourth-order valence-corrected chi connectivity index (χ4v) is 1.71. The molecule has 0 aliphatic carbocycles. The number of nitriles is 1. The third-order valence-electron chi connectivity index (χ3n) is 2.63. The van der Waals surface area contributed by atoms with Gasteiger partial charge in [0, 0.05) is 11.6 Å². The number of aromatic nitrogens is 1. The van der Waals surface area contributed by atoms with Crippen LogP contribution in [0.3, 0.4) is 0 Å². The average Bonchev–Trinajstić information content (AvgIpc) is 2.37. The van der Waals surface area contributed by atoms with Crippen molar-refractivity contribution in [3.8, 4) is 6.07 Å². The molecule has 2 atom stereocenters. The highest BCUT2D eigenvalue weighted by molar-refractivity contribution is 5.79. The minimum atomic E-state index is -1.06. The Bertz CT molecular complexity index is 563. The van der Waals surface area contributed by atoms with E-state index in [0.717, 1.165) is 10.9 Å². The number of aliphatic hydroxyl groups is 2. The molecule has 1 aromatic heterocycles. The molecule has 4 nitrogen and oxygen atoms in total. The van der Waals surface area contributed by atoms with Crippen LogP contribution in [0.4, 0.5) is 0 Å². The lowest BCUT2D eigenvalue weighted by Gasteiger charge is -2.15. The quantitative estimate of drug-likeness (QED) is 0.835. The Morgan fingerprint density at radius 1 is 1.29 bits per heavy atom. The minimum Gasteiger partial charge on any atom is -0.389 e. The Hall–Kier alpha value is -1.96. The molecule has 0 radical (unpaired) electrons. The molecule has 17 heavy (non-hydrogen) atoms. The van der Waals surface area contributed by atoms with Crippen molar-refractivity contribution in [3.05, 3.63) is 42.1 Å². The molecule has 1 heterocycles. The summed E-state index contributed by atoms with van der Waals surface area (Å²) in [7, 11) is 0. The van der Waals surface area contributed by atoms with Gasteiger partial charge in [0.05, 0.1) is 24.1 Å². The van der Waals surface area contributed by atoms with Crippen molar-refractivity contribution in [3.63, 3.8) is 0 Å². The van der Waals surface area contributed by atoms with E-state index in [1.165, 1.54) is 0 Å². The van der Waals surface area contributed by atoms with Gasteiger partial charge in [-0.3, -0.25) is 4.98 Å². The summed E-state index contributed by atoms with van der Waals surface area (Å²) in [4.78, 5) is 4.17. The first-order valence-electron chi connectivity index (χ1n) is 5.30. The van der Waals surface area contributed by atoms with Crippen molar-refractivity contribution in [1.29, 1.82) is 5.26 Å². The van der Waals surface area contributed by atoms with E-state index in [0.29, 0.717) is 5.56 Å². The van der Waals surface area contributed by atoms with E-state index in [4.69, 9.17) is 5.26 Å². The first kappa shape index (κ1) is 11.5. The zero-order chi connectivity index (χ0) is 12.3. The molecule has 0 bridgehead atoms. The molecule has 0 amide bonds. The van der Waals surface area contributed by atoms with Crippen molar-refractivity contribution in [2.45, 2.75) is 18.6 Å². The molecule has 0 aliphatic rings. The van der Waals surface area contributed by atoms with Crippen LogP contribution in [-0.4, -0.2) is 21.3 Å². The molecule has 2 unspecified atom stereocenters. The molecule has 4 heteroatoms. The van der Waals surface area contributed by atoms with Gasteiger partial charge in [0.15, 0.2) is 0 Å². The van der Waals surface area contributed by atoms with Gasteiger partial charge in [-0.15, -0.1) is 0 Å².